The highest BCUT2D eigenvalue weighted by atomic mass is 32.2. The fourth-order valence-corrected chi connectivity index (χ4v) is 5.16. The Balaban J connectivity index is 1.61. The smallest absolute Gasteiger partial charge is 0.243 e. The monoisotopic (exact) mass is 414 g/mol. The normalized spacial score (nSPS) is 15.5. The summed E-state index contributed by atoms with van der Waals surface area (Å²) in [5.74, 6) is 0.638. The Hall–Kier alpha value is -2.65. The lowest BCUT2D eigenvalue weighted by Gasteiger charge is -2.27. The molecule has 9 heteroatoms. The second kappa shape index (κ2) is 8.00. The molecule has 8 nitrogen and oxygen atoms in total. The predicted molar refractivity (Wildman–Crippen MR) is 114 cm³/mol. The van der Waals surface area contributed by atoms with E-state index >= 15 is 0 Å². The number of aromatic nitrogens is 3. The molecule has 1 saturated heterocycles. The van der Waals surface area contributed by atoms with Gasteiger partial charge in [0.1, 0.15) is 0 Å². The molecule has 0 aliphatic carbocycles. The van der Waals surface area contributed by atoms with E-state index in [1.54, 1.807) is 22.6 Å². The molecule has 0 amide bonds. The van der Waals surface area contributed by atoms with Crippen molar-refractivity contribution in [3.05, 3.63) is 48.5 Å². The van der Waals surface area contributed by atoms with Crippen molar-refractivity contribution in [3.63, 3.8) is 0 Å². The van der Waals surface area contributed by atoms with Crippen LogP contribution in [0.4, 0.5) is 11.4 Å². The number of sulfonamides is 1. The van der Waals surface area contributed by atoms with Crippen LogP contribution in [0.15, 0.2) is 47.8 Å². The summed E-state index contributed by atoms with van der Waals surface area (Å²) >= 11 is 0. The number of rotatable bonds is 6. The summed E-state index contributed by atoms with van der Waals surface area (Å²) in [4.78, 5) is 11.0. The zero-order valence-corrected chi connectivity index (χ0v) is 17.6. The highest BCUT2D eigenvalue weighted by Crippen LogP contribution is 2.30. The Morgan fingerprint density at radius 2 is 1.97 bits per heavy atom. The van der Waals surface area contributed by atoms with Crippen LogP contribution in [0.25, 0.3) is 5.78 Å². The largest absolute Gasteiger partial charge is 0.378 e. The molecule has 4 rings (SSSR count). The van der Waals surface area contributed by atoms with E-state index in [2.05, 4.69) is 15.3 Å². The molecule has 3 aromatic rings. The summed E-state index contributed by atoms with van der Waals surface area (Å²) in [7, 11) is 0.392. The lowest BCUT2D eigenvalue weighted by atomic mass is 10.2. The van der Waals surface area contributed by atoms with Crippen LogP contribution in [0.3, 0.4) is 0 Å². The van der Waals surface area contributed by atoms with Crippen LogP contribution in [-0.4, -0.2) is 54.3 Å². The highest BCUT2D eigenvalue weighted by molar-refractivity contribution is 7.89. The van der Waals surface area contributed by atoms with E-state index in [-0.39, 0.29) is 0 Å². The molecular formula is C20H26N6O2S. The van der Waals surface area contributed by atoms with Crippen LogP contribution in [-0.2, 0) is 16.6 Å². The first-order valence-electron chi connectivity index (χ1n) is 9.79. The lowest BCUT2D eigenvalue weighted by molar-refractivity contribution is 0.346. The third kappa shape index (κ3) is 4.06. The van der Waals surface area contributed by atoms with E-state index < -0.39 is 10.0 Å². The first-order valence-corrected chi connectivity index (χ1v) is 11.2. The zero-order chi connectivity index (χ0) is 20.4. The van der Waals surface area contributed by atoms with Gasteiger partial charge in [-0.15, -0.1) is 0 Å². The minimum Gasteiger partial charge on any atom is -0.378 e. The topological polar surface area (TPSA) is 82.8 Å². The number of hydrogen-bond donors (Lipinski definition) is 1. The Bertz CT molecular complexity index is 1070. The molecule has 0 radical (unpaired) electrons. The average Bonchev–Trinajstić information content (AvgIpc) is 3.15. The summed E-state index contributed by atoms with van der Waals surface area (Å²) in [5, 5.41) is 3.36. The maximum absolute atomic E-state index is 13.1. The van der Waals surface area contributed by atoms with E-state index in [1.165, 1.54) is 0 Å². The van der Waals surface area contributed by atoms with Gasteiger partial charge in [0, 0.05) is 45.8 Å². The zero-order valence-electron chi connectivity index (χ0n) is 16.7. The van der Waals surface area contributed by atoms with Crippen molar-refractivity contribution < 1.29 is 8.42 Å². The van der Waals surface area contributed by atoms with Gasteiger partial charge in [-0.05, 0) is 37.1 Å². The molecule has 0 saturated carbocycles. The van der Waals surface area contributed by atoms with Gasteiger partial charge in [0.05, 0.1) is 28.5 Å². The van der Waals surface area contributed by atoms with Crippen molar-refractivity contribution in [3.8, 4) is 0 Å². The summed E-state index contributed by atoms with van der Waals surface area (Å²) < 4.78 is 29.6. The fraction of sp³-hybridized carbons (Fsp3) is 0.400. The van der Waals surface area contributed by atoms with Gasteiger partial charge < -0.3 is 10.2 Å². The number of nitrogens with one attached hydrogen (secondary N) is 1. The van der Waals surface area contributed by atoms with Crippen molar-refractivity contribution >= 4 is 27.2 Å². The molecular weight excluding hydrogens is 388 g/mol. The van der Waals surface area contributed by atoms with Crippen LogP contribution < -0.4 is 10.2 Å². The van der Waals surface area contributed by atoms with Gasteiger partial charge in [-0.3, -0.25) is 4.40 Å². The van der Waals surface area contributed by atoms with Gasteiger partial charge in [0.2, 0.25) is 15.8 Å². The van der Waals surface area contributed by atoms with Gasteiger partial charge in [-0.2, -0.15) is 4.31 Å². The van der Waals surface area contributed by atoms with Gasteiger partial charge in [-0.1, -0.05) is 6.42 Å². The Labute approximate surface area is 171 Å². The minimum absolute atomic E-state index is 0.323. The molecule has 0 atom stereocenters. The molecule has 29 heavy (non-hydrogen) atoms. The molecule has 154 valence electrons. The van der Waals surface area contributed by atoms with E-state index in [0.29, 0.717) is 30.3 Å². The van der Waals surface area contributed by atoms with E-state index in [4.69, 9.17) is 0 Å². The highest BCUT2D eigenvalue weighted by Gasteiger charge is 2.26. The standard InChI is InChI=1S/C20H26N6O2S/c1-24(2)19-8-7-17(29(27,28)26-11-4-3-5-12-26)13-18(19)22-14-16-15-25-10-6-9-21-20(25)23-16/h6-10,13,15,22H,3-5,11-12,14H2,1-2H3. The number of imidazole rings is 1. The van der Waals surface area contributed by atoms with Crippen LogP contribution in [0.2, 0.25) is 0 Å². The molecule has 1 fully saturated rings. The van der Waals surface area contributed by atoms with Crippen molar-refractivity contribution in [1.29, 1.82) is 0 Å². The third-order valence-electron chi connectivity index (χ3n) is 5.15. The van der Waals surface area contributed by atoms with Crippen molar-refractivity contribution in [2.45, 2.75) is 30.7 Å². The first kappa shape index (κ1) is 19.7. The maximum atomic E-state index is 13.1. The number of anilines is 2. The summed E-state index contributed by atoms with van der Waals surface area (Å²) in [6.45, 7) is 1.65. The molecule has 1 aliphatic heterocycles. The van der Waals surface area contributed by atoms with E-state index in [1.807, 2.05) is 47.9 Å². The molecule has 0 bridgehead atoms. The van der Waals surface area contributed by atoms with Crippen molar-refractivity contribution in [2.75, 3.05) is 37.4 Å². The minimum atomic E-state index is -3.49. The quantitative estimate of drug-likeness (QED) is 0.668. The summed E-state index contributed by atoms with van der Waals surface area (Å²) in [6, 6.07) is 7.13. The van der Waals surface area contributed by atoms with E-state index in [9.17, 15) is 8.42 Å². The summed E-state index contributed by atoms with van der Waals surface area (Å²) in [6.07, 6.45) is 8.45. The second-order valence-corrected chi connectivity index (χ2v) is 9.39. The molecule has 0 unspecified atom stereocenters. The number of piperidine rings is 1. The van der Waals surface area contributed by atoms with Gasteiger partial charge in [0.15, 0.2) is 0 Å². The number of hydrogen-bond acceptors (Lipinski definition) is 6. The predicted octanol–water partition coefficient (Wildman–Crippen LogP) is 2.58. The second-order valence-electron chi connectivity index (χ2n) is 7.45. The summed E-state index contributed by atoms with van der Waals surface area (Å²) in [5.41, 5.74) is 2.51. The Morgan fingerprint density at radius 1 is 1.17 bits per heavy atom. The van der Waals surface area contributed by atoms with Gasteiger partial charge >= 0.3 is 0 Å². The molecule has 1 aromatic carbocycles. The molecule has 0 spiro atoms. The van der Waals surface area contributed by atoms with Crippen LogP contribution in [0, 0.1) is 0 Å². The van der Waals surface area contributed by atoms with Crippen molar-refractivity contribution in [2.24, 2.45) is 0 Å². The first-order chi connectivity index (χ1) is 13.9. The van der Waals surface area contributed by atoms with Crippen molar-refractivity contribution in [1.82, 2.24) is 18.7 Å². The molecule has 1 N–H and O–H groups in total. The molecule has 2 aromatic heterocycles. The third-order valence-corrected chi connectivity index (χ3v) is 7.04. The molecule has 1 aliphatic rings. The SMILES string of the molecule is CN(C)c1ccc(S(=O)(=O)N2CCCCC2)cc1NCc1cn2cccnc2n1. The maximum Gasteiger partial charge on any atom is 0.243 e. The Kier molecular flexibility index (Phi) is 5.42. The number of benzene rings is 1. The van der Waals surface area contributed by atoms with Crippen LogP contribution in [0.5, 0.6) is 0 Å². The Morgan fingerprint density at radius 3 is 2.69 bits per heavy atom. The molecule has 3 heterocycles. The van der Waals surface area contributed by atoms with Gasteiger partial charge in [-0.25, -0.2) is 18.4 Å². The van der Waals surface area contributed by atoms with E-state index in [0.717, 1.165) is 36.3 Å². The number of nitrogens with zero attached hydrogens (tertiary/aromatic N) is 5. The lowest BCUT2D eigenvalue weighted by Crippen LogP contribution is -2.35. The average molecular weight is 415 g/mol. The fourth-order valence-electron chi connectivity index (χ4n) is 3.61. The van der Waals surface area contributed by atoms with Gasteiger partial charge in [0.25, 0.3) is 0 Å². The number of fused-ring (bicyclic) bond motifs is 1. The van der Waals surface area contributed by atoms with Crippen LogP contribution in [0.1, 0.15) is 25.0 Å². The van der Waals surface area contributed by atoms with Crippen LogP contribution >= 0.6 is 0 Å².